The molecule has 0 spiro atoms. The third kappa shape index (κ3) is 3.09. The number of benzene rings is 1. The Morgan fingerprint density at radius 2 is 2.11 bits per heavy atom. The molecule has 100 valence electrons. The highest BCUT2D eigenvalue weighted by molar-refractivity contribution is 5.45. The molecule has 1 aromatic heterocycles. The van der Waals surface area contributed by atoms with Gasteiger partial charge in [-0.2, -0.15) is 0 Å². The van der Waals surface area contributed by atoms with Crippen LogP contribution in [-0.4, -0.2) is 10.1 Å². The summed E-state index contributed by atoms with van der Waals surface area (Å²) in [4.78, 5) is 4.05. The highest BCUT2D eigenvalue weighted by Crippen LogP contribution is 2.29. The van der Waals surface area contributed by atoms with Gasteiger partial charge in [0.1, 0.15) is 11.6 Å². The fraction of sp³-hybridized carbons (Fsp3) is 0.267. The summed E-state index contributed by atoms with van der Waals surface area (Å²) in [6, 6.07) is 7.99. The number of hydrogen-bond acceptors (Lipinski definition) is 3. The molecule has 0 saturated carbocycles. The summed E-state index contributed by atoms with van der Waals surface area (Å²) in [5.41, 5.74) is 6.83. The first-order valence-electron chi connectivity index (χ1n) is 6.08. The number of pyridine rings is 1. The van der Waals surface area contributed by atoms with Gasteiger partial charge in [-0.05, 0) is 43.2 Å². The van der Waals surface area contributed by atoms with Crippen LogP contribution in [0.5, 0.6) is 0 Å². The van der Waals surface area contributed by atoms with Crippen LogP contribution in [-0.2, 0) is 12.0 Å². The summed E-state index contributed by atoms with van der Waals surface area (Å²) in [6.07, 6.45) is 1.93. The number of nitrogen functional groups attached to an aromatic ring is 1. The van der Waals surface area contributed by atoms with E-state index in [1.54, 1.807) is 25.3 Å². The molecule has 0 saturated heterocycles. The van der Waals surface area contributed by atoms with Gasteiger partial charge < -0.3 is 10.8 Å². The lowest BCUT2D eigenvalue weighted by atomic mass is 9.88. The van der Waals surface area contributed by atoms with Gasteiger partial charge in [0.2, 0.25) is 0 Å². The van der Waals surface area contributed by atoms with Crippen LogP contribution in [0.1, 0.15) is 23.6 Å². The summed E-state index contributed by atoms with van der Waals surface area (Å²) < 4.78 is 13.2. The Hall–Kier alpha value is -1.94. The molecule has 1 aromatic carbocycles. The number of aryl methyl sites for hydroxylation is 1. The Morgan fingerprint density at radius 1 is 1.37 bits per heavy atom. The maximum atomic E-state index is 13.2. The molecule has 1 unspecified atom stereocenters. The van der Waals surface area contributed by atoms with Gasteiger partial charge in [0, 0.05) is 18.2 Å². The molecule has 0 fully saturated rings. The Morgan fingerprint density at radius 3 is 2.79 bits per heavy atom. The number of hydrogen-bond donors (Lipinski definition) is 2. The highest BCUT2D eigenvalue weighted by Gasteiger charge is 2.26. The van der Waals surface area contributed by atoms with E-state index in [-0.39, 0.29) is 12.2 Å². The number of aromatic nitrogens is 1. The fourth-order valence-electron chi connectivity index (χ4n) is 2.15. The maximum absolute atomic E-state index is 13.2. The first kappa shape index (κ1) is 13.5. The third-order valence-corrected chi connectivity index (χ3v) is 3.07. The van der Waals surface area contributed by atoms with Crippen LogP contribution in [0.15, 0.2) is 36.5 Å². The molecule has 1 atom stereocenters. The van der Waals surface area contributed by atoms with Crippen LogP contribution < -0.4 is 5.73 Å². The number of anilines is 1. The summed E-state index contributed by atoms with van der Waals surface area (Å²) >= 11 is 0. The summed E-state index contributed by atoms with van der Waals surface area (Å²) in [7, 11) is 0. The fourth-order valence-corrected chi connectivity index (χ4v) is 2.15. The number of rotatable bonds is 3. The molecule has 0 aliphatic carbocycles. The maximum Gasteiger partial charge on any atom is 0.129 e. The van der Waals surface area contributed by atoms with E-state index < -0.39 is 5.60 Å². The van der Waals surface area contributed by atoms with Gasteiger partial charge in [-0.1, -0.05) is 12.1 Å². The average Bonchev–Trinajstić information content (AvgIpc) is 2.31. The lowest BCUT2D eigenvalue weighted by Crippen LogP contribution is -2.26. The number of nitrogens with zero attached hydrogens (tertiary/aromatic N) is 1. The monoisotopic (exact) mass is 260 g/mol. The van der Waals surface area contributed by atoms with E-state index in [9.17, 15) is 9.50 Å². The van der Waals surface area contributed by atoms with Crippen LogP contribution in [0.4, 0.5) is 10.2 Å². The summed E-state index contributed by atoms with van der Waals surface area (Å²) in [5.74, 6) is -0.0179. The van der Waals surface area contributed by atoms with Crippen molar-refractivity contribution in [2.45, 2.75) is 25.9 Å². The lowest BCUT2D eigenvalue weighted by Gasteiger charge is -2.25. The predicted octanol–water partition coefficient (Wildman–Crippen LogP) is 2.56. The molecule has 19 heavy (non-hydrogen) atoms. The number of halogens is 1. The quantitative estimate of drug-likeness (QED) is 0.891. The zero-order valence-corrected chi connectivity index (χ0v) is 11.0. The number of aliphatic hydroxyl groups is 1. The van der Waals surface area contributed by atoms with Crippen molar-refractivity contribution >= 4 is 5.82 Å². The Kier molecular flexibility index (Phi) is 3.53. The Labute approximate surface area is 111 Å². The van der Waals surface area contributed by atoms with Crippen molar-refractivity contribution in [2.24, 2.45) is 0 Å². The third-order valence-electron chi connectivity index (χ3n) is 3.07. The van der Waals surface area contributed by atoms with Crippen molar-refractivity contribution < 1.29 is 9.50 Å². The second-order valence-electron chi connectivity index (χ2n) is 5.03. The minimum absolute atomic E-state index is 0.278. The van der Waals surface area contributed by atoms with Crippen LogP contribution in [0.3, 0.4) is 0 Å². The Bertz CT molecular complexity index is 596. The average molecular weight is 260 g/mol. The van der Waals surface area contributed by atoms with Crippen molar-refractivity contribution in [3.05, 3.63) is 59.0 Å². The molecule has 0 aliphatic heterocycles. The minimum atomic E-state index is -1.18. The van der Waals surface area contributed by atoms with E-state index in [0.29, 0.717) is 16.9 Å². The zero-order chi connectivity index (χ0) is 14.0. The topological polar surface area (TPSA) is 59.1 Å². The van der Waals surface area contributed by atoms with Crippen LogP contribution in [0.2, 0.25) is 0 Å². The largest absolute Gasteiger partial charge is 0.385 e. The Balaban J connectivity index is 2.34. The summed E-state index contributed by atoms with van der Waals surface area (Å²) in [5, 5.41) is 10.6. The van der Waals surface area contributed by atoms with Gasteiger partial charge in [-0.25, -0.2) is 9.37 Å². The number of nitrogens with two attached hydrogens (primary N) is 1. The standard InChI is InChI=1S/C15H17FN2O/c1-10-6-13(14(17)18-9-10)15(2,19)8-11-4-3-5-12(16)7-11/h3-7,9,19H,8H2,1-2H3,(H2,17,18). The zero-order valence-electron chi connectivity index (χ0n) is 11.0. The van der Waals surface area contributed by atoms with Crippen molar-refractivity contribution in [2.75, 3.05) is 5.73 Å². The van der Waals surface area contributed by atoms with Gasteiger partial charge in [0.15, 0.2) is 0 Å². The second-order valence-corrected chi connectivity index (χ2v) is 5.03. The smallest absolute Gasteiger partial charge is 0.129 e. The minimum Gasteiger partial charge on any atom is -0.385 e. The van der Waals surface area contributed by atoms with E-state index >= 15 is 0 Å². The molecule has 3 nitrogen and oxygen atoms in total. The first-order chi connectivity index (χ1) is 8.88. The molecule has 0 radical (unpaired) electrons. The van der Waals surface area contributed by atoms with Gasteiger partial charge in [0.25, 0.3) is 0 Å². The van der Waals surface area contributed by atoms with E-state index in [0.717, 1.165) is 5.56 Å². The SMILES string of the molecule is Cc1cnc(N)c(C(C)(O)Cc2cccc(F)c2)c1. The van der Waals surface area contributed by atoms with Gasteiger partial charge in [0.05, 0.1) is 5.60 Å². The molecule has 0 bridgehead atoms. The van der Waals surface area contributed by atoms with Crippen molar-refractivity contribution in [3.63, 3.8) is 0 Å². The van der Waals surface area contributed by atoms with E-state index in [1.807, 2.05) is 13.0 Å². The molecular weight excluding hydrogens is 243 g/mol. The van der Waals surface area contributed by atoms with Crippen LogP contribution >= 0.6 is 0 Å². The molecule has 2 aromatic rings. The molecule has 0 amide bonds. The normalized spacial score (nSPS) is 14.1. The first-order valence-corrected chi connectivity index (χ1v) is 6.08. The summed E-state index contributed by atoms with van der Waals surface area (Å²) in [6.45, 7) is 3.54. The van der Waals surface area contributed by atoms with Crippen molar-refractivity contribution in [1.29, 1.82) is 0 Å². The van der Waals surface area contributed by atoms with Crippen molar-refractivity contribution in [1.82, 2.24) is 4.98 Å². The van der Waals surface area contributed by atoms with Gasteiger partial charge >= 0.3 is 0 Å². The van der Waals surface area contributed by atoms with Crippen LogP contribution in [0, 0.1) is 12.7 Å². The lowest BCUT2D eigenvalue weighted by molar-refractivity contribution is 0.0580. The van der Waals surface area contributed by atoms with Crippen LogP contribution in [0.25, 0.3) is 0 Å². The van der Waals surface area contributed by atoms with E-state index in [4.69, 9.17) is 5.73 Å². The molecule has 0 aliphatic rings. The van der Waals surface area contributed by atoms with Gasteiger partial charge in [-0.15, -0.1) is 0 Å². The highest BCUT2D eigenvalue weighted by atomic mass is 19.1. The molecule has 2 rings (SSSR count). The van der Waals surface area contributed by atoms with Crippen molar-refractivity contribution in [3.8, 4) is 0 Å². The molecule has 1 heterocycles. The molecular formula is C15H17FN2O. The van der Waals surface area contributed by atoms with E-state index in [2.05, 4.69) is 4.98 Å². The molecule has 4 heteroatoms. The predicted molar refractivity (Wildman–Crippen MR) is 73.1 cm³/mol. The van der Waals surface area contributed by atoms with E-state index in [1.165, 1.54) is 12.1 Å². The second kappa shape index (κ2) is 4.97. The van der Waals surface area contributed by atoms with Gasteiger partial charge in [-0.3, -0.25) is 0 Å². The molecule has 3 N–H and O–H groups in total.